The van der Waals surface area contributed by atoms with Crippen LogP contribution >= 0.6 is 0 Å². The summed E-state index contributed by atoms with van der Waals surface area (Å²) in [6.45, 7) is 10.2. The van der Waals surface area contributed by atoms with Crippen molar-refractivity contribution in [1.29, 1.82) is 0 Å². The molecule has 1 rings (SSSR count). The second-order valence-corrected chi connectivity index (χ2v) is 9.69. The Hall–Kier alpha value is -1.08. The lowest BCUT2D eigenvalue weighted by Crippen LogP contribution is -2.27. The van der Waals surface area contributed by atoms with Crippen LogP contribution in [0.5, 0.6) is 0 Å². The maximum atomic E-state index is 10.2. The molecule has 1 atom stereocenters. The predicted molar refractivity (Wildman–Crippen MR) is 67.4 cm³/mol. The van der Waals surface area contributed by atoms with Crippen LogP contribution in [0.3, 0.4) is 0 Å². The van der Waals surface area contributed by atoms with Crippen LogP contribution in [0.15, 0.2) is 47.8 Å². The first-order valence-corrected chi connectivity index (χ1v) is 8.60. The second kappa shape index (κ2) is 4.62. The molecule has 15 heavy (non-hydrogen) atoms. The number of hydrogen-bond acceptors (Lipinski definition) is 1. The molecule has 0 spiro atoms. The van der Waals surface area contributed by atoms with Gasteiger partial charge in [-0.05, 0) is 10.8 Å². The fraction of sp³-hybridized carbons (Fsp3) is 0.308. The van der Waals surface area contributed by atoms with Gasteiger partial charge in [0.2, 0.25) is 0 Å². The minimum Gasteiger partial charge on any atom is -0.384 e. The van der Waals surface area contributed by atoms with Crippen LogP contribution in [-0.2, 0) is 0 Å². The lowest BCUT2D eigenvalue weighted by molar-refractivity contribution is 0.222. The molecule has 1 aromatic rings. The Morgan fingerprint density at radius 1 is 1.27 bits per heavy atom. The van der Waals surface area contributed by atoms with E-state index in [-0.39, 0.29) is 0 Å². The molecule has 0 amide bonds. The van der Waals surface area contributed by atoms with Crippen LogP contribution in [0.2, 0.25) is 19.6 Å². The van der Waals surface area contributed by atoms with Gasteiger partial charge in [-0.2, -0.15) is 0 Å². The fourth-order valence-corrected chi connectivity index (χ4v) is 3.09. The van der Waals surface area contributed by atoms with Gasteiger partial charge in [0.1, 0.15) is 6.10 Å². The van der Waals surface area contributed by atoms with Gasteiger partial charge in [0.05, 0.1) is 8.07 Å². The SMILES string of the molecule is C=C=C(C(O)c1ccccc1)[Si](C)(C)C. The van der Waals surface area contributed by atoms with E-state index in [0.717, 1.165) is 10.8 Å². The predicted octanol–water partition coefficient (Wildman–Crippen LogP) is 3.31. The van der Waals surface area contributed by atoms with Crippen molar-refractivity contribution in [3.63, 3.8) is 0 Å². The van der Waals surface area contributed by atoms with E-state index >= 15 is 0 Å². The highest BCUT2D eigenvalue weighted by molar-refractivity contribution is 6.83. The molecule has 0 saturated heterocycles. The van der Waals surface area contributed by atoms with Crippen LogP contribution in [0.1, 0.15) is 11.7 Å². The number of aliphatic hydroxyl groups is 1. The molecule has 0 heterocycles. The molecule has 1 aromatic carbocycles. The zero-order valence-electron chi connectivity index (χ0n) is 9.62. The Kier molecular flexibility index (Phi) is 3.70. The monoisotopic (exact) mass is 218 g/mol. The van der Waals surface area contributed by atoms with E-state index in [1.54, 1.807) is 0 Å². The summed E-state index contributed by atoms with van der Waals surface area (Å²) in [6, 6.07) is 9.68. The quantitative estimate of drug-likeness (QED) is 0.609. The third kappa shape index (κ3) is 2.93. The summed E-state index contributed by atoms with van der Waals surface area (Å²) in [5.41, 5.74) is 3.84. The lowest BCUT2D eigenvalue weighted by Gasteiger charge is -2.23. The van der Waals surface area contributed by atoms with E-state index in [4.69, 9.17) is 0 Å². The summed E-state index contributed by atoms with van der Waals surface area (Å²) >= 11 is 0. The molecule has 0 aliphatic carbocycles. The van der Waals surface area contributed by atoms with Crippen LogP contribution in [0, 0.1) is 0 Å². The lowest BCUT2D eigenvalue weighted by atomic mass is 10.1. The Bertz CT molecular complexity index is 369. The number of rotatable bonds is 3. The molecule has 2 heteroatoms. The summed E-state index contributed by atoms with van der Waals surface area (Å²) in [5, 5.41) is 11.2. The molecular formula is C13H18OSi. The topological polar surface area (TPSA) is 20.2 Å². The summed E-state index contributed by atoms with van der Waals surface area (Å²) in [4.78, 5) is 0. The van der Waals surface area contributed by atoms with Gasteiger partial charge in [0, 0.05) is 0 Å². The highest BCUT2D eigenvalue weighted by atomic mass is 28.3. The summed E-state index contributed by atoms with van der Waals surface area (Å²) in [5.74, 6) is 0. The number of benzene rings is 1. The van der Waals surface area contributed by atoms with E-state index in [0.29, 0.717) is 0 Å². The highest BCUT2D eigenvalue weighted by Gasteiger charge is 2.26. The molecule has 1 nitrogen and oxygen atoms in total. The summed E-state index contributed by atoms with van der Waals surface area (Å²) in [6.07, 6.45) is -0.546. The Morgan fingerprint density at radius 2 is 1.80 bits per heavy atom. The van der Waals surface area contributed by atoms with Crippen molar-refractivity contribution in [3.8, 4) is 0 Å². The molecule has 0 saturated carbocycles. The van der Waals surface area contributed by atoms with E-state index in [9.17, 15) is 5.11 Å². The van der Waals surface area contributed by atoms with Crippen molar-refractivity contribution in [2.45, 2.75) is 25.7 Å². The van der Waals surface area contributed by atoms with E-state index in [1.165, 1.54) is 0 Å². The molecule has 0 aromatic heterocycles. The Morgan fingerprint density at radius 3 is 2.20 bits per heavy atom. The zero-order chi connectivity index (χ0) is 11.5. The molecule has 0 radical (unpaired) electrons. The minimum atomic E-state index is -1.54. The van der Waals surface area contributed by atoms with Gasteiger partial charge in [-0.15, -0.1) is 5.73 Å². The van der Waals surface area contributed by atoms with Crippen LogP contribution in [-0.4, -0.2) is 13.2 Å². The average molecular weight is 218 g/mol. The van der Waals surface area contributed by atoms with Crippen molar-refractivity contribution in [2.24, 2.45) is 0 Å². The molecule has 0 aliphatic rings. The van der Waals surface area contributed by atoms with Gasteiger partial charge in [-0.1, -0.05) is 56.6 Å². The molecule has 0 bridgehead atoms. The maximum absolute atomic E-state index is 10.2. The van der Waals surface area contributed by atoms with E-state index < -0.39 is 14.2 Å². The van der Waals surface area contributed by atoms with Gasteiger partial charge >= 0.3 is 0 Å². The van der Waals surface area contributed by atoms with Crippen molar-refractivity contribution in [3.05, 3.63) is 53.4 Å². The van der Waals surface area contributed by atoms with Gasteiger partial charge in [0.25, 0.3) is 0 Å². The van der Waals surface area contributed by atoms with E-state index in [1.807, 2.05) is 30.3 Å². The van der Waals surface area contributed by atoms with Gasteiger partial charge in [-0.3, -0.25) is 0 Å². The van der Waals surface area contributed by atoms with Crippen LogP contribution in [0.25, 0.3) is 0 Å². The average Bonchev–Trinajstić information content (AvgIpc) is 2.18. The fourth-order valence-electron chi connectivity index (χ4n) is 1.57. The van der Waals surface area contributed by atoms with Crippen LogP contribution in [0.4, 0.5) is 0 Å². The first-order valence-electron chi connectivity index (χ1n) is 5.10. The third-order valence-electron chi connectivity index (χ3n) is 2.39. The smallest absolute Gasteiger partial charge is 0.104 e. The first-order chi connectivity index (χ1) is 6.96. The minimum absolute atomic E-state index is 0.546. The van der Waals surface area contributed by atoms with Gasteiger partial charge in [-0.25, -0.2) is 0 Å². The Balaban J connectivity index is 3.05. The molecule has 1 unspecified atom stereocenters. The molecule has 0 aliphatic heterocycles. The zero-order valence-corrected chi connectivity index (χ0v) is 10.6. The first kappa shape index (κ1) is 12.0. The highest BCUT2D eigenvalue weighted by Crippen LogP contribution is 2.27. The van der Waals surface area contributed by atoms with Crippen molar-refractivity contribution in [2.75, 3.05) is 0 Å². The van der Waals surface area contributed by atoms with Crippen molar-refractivity contribution < 1.29 is 5.11 Å². The molecule has 0 fully saturated rings. The summed E-state index contributed by atoms with van der Waals surface area (Å²) < 4.78 is 0. The van der Waals surface area contributed by atoms with Gasteiger partial charge < -0.3 is 5.11 Å². The number of aliphatic hydroxyl groups excluding tert-OH is 1. The van der Waals surface area contributed by atoms with Gasteiger partial charge in [0.15, 0.2) is 0 Å². The molecular weight excluding hydrogens is 200 g/mol. The second-order valence-electron chi connectivity index (χ2n) is 4.65. The third-order valence-corrected chi connectivity index (χ3v) is 4.45. The van der Waals surface area contributed by atoms with Crippen LogP contribution < -0.4 is 0 Å². The van der Waals surface area contributed by atoms with E-state index in [2.05, 4.69) is 32.0 Å². The molecule has 1 N–H and O–H groups in total. The molecule has 80 valence electrons. The Labute approximate surface area is 92.8 Å². The largest absolute Gasteiger partial charge is 0.384 e. The van der Waals surface area contributed by atoms with Crippen molar-refractivity contribution in [1.82, 2.24) is 0 Å². The standard InChI is InChI=1S/C13H18OSi/c1-5-12(15(2,3)4)13(14)11-9-7-6-8-10-11/h6-10,13-14H,1H2,2-4H3. The number of hydrogen-bond donors (Lipinski definition) is 1. The normalized spacial score (nSPS) is 13.1. The summed E-state index contributed by atoms with van der Waals surface area (Å²) in [7, 11) is -1.54. The van der Waals surface area contributed by atoms with Crippen molar-refractivity contribution >= 4 is 8.07 Å². The maximum Gasteiger partial charge on any atom is 0.104 e.